The van der Waals surface area contributed by atoms with E-state index in [1.54, 1.807) is 0 Å². The molecule has 2 N–H and O–H groups in total. The molecule has 6 heteroatoms. The summed E-state index contributed by atoms with van der Waals surface area (Å²) in [5, 5.41) is 20.8. The summed E-state index contributed by atoms with van der Waals surface area (Å²) in [5.74, 6) is -0.542. The van der Waals surface area contributed by atoms with Gasteiger partial charge in [-0.25, -0.2) is 9.78 Å². The summed E-state index contributed by atoms with van der Waals surface area (Å²) in [6.45, 7) is 0. The van der Waals surface area contributed by atoms with Crippen LogP contribution in [0.3, 0.4) is 0 Å². The molecule has 1 saturated carbocycles. The van der Waals surface area contributed by atoms with Crippen molar-refractivity contribution in [2.24, 2.45) is 0 Å². The highest BCUT2D eigenvalue weighted by molar-refractivity contribution is 5.82. The van der Waals surface area contributed by atoms with Crippen LogP contribution in [0, 0.1) is 0 Å². The van der Waals surface area contributed by atoms with E-state index in [9.17, 15) is 9.90 Å². The highest BCUT2D eigenvalue weighted by atomic mass is 16.4. The van der Waals surface area contributed by atoms with Crippen LogP contribution in [0.4, 0.5) is 5.95 Å². The second-order valence-corrected chi connectivity index (χ2v) is 5.55. The molecule has 0 unspecified atom stereocenters. The zero-order valence-corrected chi connectivity index (χ0v) is 11.7. The maximum Gasteiger partial charge on any atom is 0.329 e. The number of nitrogens with zero attached hydrogens (tertiary/aromatic N) is 3. The molecule has 0 bridgehead atoms. The normalized spacial score (nSPS) is 18.1. The van der Waals surface area contributed by atoms with Gasteiger partial charge in [-0.05, 0) is 25.0 Å². The Bertz CT molecular complexity index is 651. The van der Waals surface area contributed by atoms with Crippen LogP contribution in [0.2, 0.25) is 0 Å². The van der Waals surface area contributed by atoms with Crippen LogP contribution in [-0.4, -0.2) is 31.8 Å². The second-order valence-electron chi connectivity index (χ2n) is 5.55. The number of anilines is 1. The molecular weight excluding hydrogens is 268 g/mol. The SMILES string of the molecule is O=C(O)C1(Nc2nnc3ccccc3n2)CCCCCC1. The van der Waals surface area contributed by atoms with Gasteiger partial charge in [-0.2, -0.15) is 0 Å². The zero-order valence-electron chi connectivity index (χ0n) is 11.7. The number of carboxylic acid groups (broad SMARTS) is 1. The van der Waals surface area contributed by atoms with E-state index in [1.165, 1.54) is 0 Å². The monoisotopic (exact) mass is 286 g/mol. The smallest absolute Gasteiger partial charge is 0.329 e. The van der Waals surface area contributed by atoms with E-state index >= 15 is 0 Å². The molecule has 1 heterocycles. The molecule has 1 aliphatic carbocycles. The van der Waals surface area contributed by atoms with Crippen molar-refractivity contribution >= 4 is 23.0 Å². The van der Waals surface area contributed by atoms with Gasteiger partial charge in [0.05, 0.1) is 5.52 Å². The number of carbonyl (C=O) groups is 1. The minimum atomic E-state index is -0.972. The Morgan fingerprint density at radius 2 is 1.71 bits per heavy atom. The van der Waals surface area contributed by atoms with E-state index in [1.807, 2.05) is 24.3 Å². The topological polar surface area (TPSA) is 88.0 Å². The van der Waals surface area contributed by atoms with E-state index in [0.29, 0.717) is 23.9 Å². The number of nitrogens with one attached hydrogen (secondary N) is 1. The van der Waals surface area contributed by atoms with E-state index in [4.69, 9.17) is 0 Å². The Balaban J connectivity index is 1.91. The summed E-state index contributed by atoms with van der Waals surface area (Å²) >= 11 is 0. The molecule has 2 aromatic rings. The zero-order chi connectivity index (χ0) is 14.7. The van der Waals surface area contributed by atoms with Crippen LogP contribution >= 0.6 is 0 Å². The number of hydrogen-bond donors (Lipinski definition) is 2. The third kappa shape index (κ3) is 2.79. The molecule has 6 nitrogen and oxygen atoms in total. The first-order chi connectivity index (χ1) is 10.2. The number of benzene rings is 1. The first-order valence-electron chi connectivity index (χ1n) is 7.31. The van der Waals surface area contributed by atoms with Crippen molar-refractivity contribution in [2.45, 2.75) is 44.1 Å². The summed E-state index contributed by atoms with van der Waals surface area (Å²) in [6, 6.07) is 7.42. The van der Waals surface area contributed by atoms with E-state index in [-0.39, 0.29) is 5.95 Å². The van der Waals surface area contributed by atoms with Crippen LogP contribution in [0.15, 0.2) is 24.3 Å². The molecule has 0 atom stereocenters. The average molecular weight is 286 g/mol. The number of aliphatic carboxylic acids is 1. The van der Waals surface area contributed by atoms with Crippen molar-refractivity contribution in [3.8, 4) is 0 Å². The highest BCUT2D eigenvalue weighted by Gasteiger charge is 2.39. The molecule has 0 amide bonds. The van der Waals surface area contributed by atoms with Gasteiger partial charge in [-0.15, -0.1) is 10.2 Å². The maximum absolute atomic E-state index is 11.8. The number of hydrogen-bond acceptors (Lipinski definition) is 5. The van der Waals surface area contributed by atoms with Crippen LogP contribution in [-0.2, 0) is 4.79 Å². The van der Waals surface area contributed by atoms with Crippen LogP contribution in [0.5, 0.6) is 0 Å². The van der Waals surface area contributed by atoms with Crippen molar-refractivity contribution in [3.05, 3.63) is 24.3 Å². The minimum Gasteiger partial charge on any atom is -0.480 e. The average Bonchev–Trinajstić information content (AvgIpc) is 2.74. The molecule has 21 heavy (non-hydrogen) atoms. The Labute approximate surface area is 122 Å². The van der Waals surface area contributed by atoms with Gasteiger partial charge < -0.3 is 10.4 Å². The Morgan fingerprint density at radius 3 is 2.38 bits per heavy atom. The molecule has 0 radical (unpaired) electrons. The Morgan fingerprint density at radius 1 is 1.05 bits per heavy atom. The van der Waals surface area contributed by atoms with Crippen LogP contribution < -0.4 is 5.32 Å². The standard InChI is InChI=1S/C15H18N4O2/c20-13(21)15(9-5-1-2-6-10-15)17-14-16-11-7-3-4-8-12(11)18-19-14/h3-4,7-8H,1-2,5-6,9-10H2,(H,20,21)(H,16,17,19). The Hall–Kier alpha value is -2.24. The summed E-state index contributed by atoms with van der Waals surface area (Å²) in [4.78, 5) is 16.1. The highest BCUT2D eigenvalue weighted by Crippen LogP contribution is 2.30. The third-order valence-corrected chi connectivity index (χ3v) is 4.08. The number of fused-ring (bicyclic) bond motifs is 1. The first-order valence-corrected chi connectivity index (χ1v) is 7.31. The molecule has 0 spiro atoms. The minimum absolute atomic E-state index is 0.290. The maximum atomic E-state index is 11.8. The molecule has 1 aromatic carbocycles. The third-order valence-electron chi connectivity index (χ3n) is 4.08. The quantitative estimate of drug-likeness (QED) is 0.843. The first kappa shape index (κ1) is 13.7. The fraction of sp³-hybridized carbons (Fsp3) is 0.467. The molecular formula is C15H18N4O2. The number of carboxylic acids is 1. The molecule has 0 aliphatic heterocycles. The lowest BCUT2D eigenvalue weighted by Crippen LogP contribution is -2.46. The molecule has 110 valence electrons. The molecule has 1 aliphatic rings. The van der Waals surface area contributed by atoms with E-state index < -0.39 is 11.5 Å². The lowest BCUT2D eigenvalue weighted by atomic mass is 9.90. The number of rotatable bonds is 3. The predicted molar refractivity (Wildman–Crippen MR) is 79.0 cm³/mol. The largest absolute Gasteiger partial charge is 0.480 e. The van der Waals surface area contributed by atoms with Crippen LogP contribution in [0.1, 0.15) is 38.5 Å². The van der Waals surface area contributed by atoms with Gasteiger partial charge in [0.1, 0.15) is 11.1 Å². The van der Waals surface area contributed by atoms with Gasteiger partial charge in [0, 0.05) is 0 Å². The van der Waals surface area contributed by atoms with Crippen molar-refractivity contribution in [3.63, 3.8) is 0 Å². The number of para-hydroxylation sites is 1. The summed E-state index contributed by atoms with van der Waals surface area (Å²) in [5.41, 5.74) is 0.443. The summed E-state index contributed by atoms with van der Waals surface area (Å²) in [6.07, 6.45) is 5.15. The second kappa shape index (κ2) is 5.63. The van der Waals surface area contributed by atoms with Gasteiger partial charge >= 0.3 is 5.97 Å². The fourth-order valence-electron chi connectivity index (χ4n) is 2.87. The molecule has 1 fully saturated rings. The lowest BCUT2D eigenvalue weighted by Gasteiger charge is -2.29. The molecule has 3 rings (SSSR count). The summed E-state index contributed by atoms with van der Waals surface area (Å²) < 4.78 is 0. The Kier molecular flexibility index (Phi) is 3.68. The van der Waals surface area contributed by atoms with Gasteiger partial charge in [-0.3, -0.25) is 0 Å². The molecule has 0 saturated heterocycles. The van der Waals surface area contributed by atoms with E-state index in [0.717, 1.165) is 25.7 Å². The van der Waals surface area contributed by atoms with Gasteiger partial charge in [0.2, 0.25) is 5.95 Å². The van der Waals surface area contributed by atoms with Crippen LogP contribution in [0.25, 0.3) is 11.0 Å². The van der Waals surface area contributed by atoms with Crippen molar-refractivity contribution in [1.82, 2.24) is 15.2 Å². The van der Waals surface area contributed by atoms with Gasteiger partial charge in [0.15, 0.2) is 0 Å². The van der Waals surface area contributed by atoms with E-state index in [2.05, 4.69) is 20.5 Å². The van der Waals surface area contributed by atoms with Crippen molar-refractivity contribution < 1.29 is 9.90 Å². The number of aromatic nitrogens is 3. The van der Waals surface area contributed by atoms with Crippen molar-refractivity contribution in [1.29, 1.82) is 0 Å². The predicted octanol–water partition coefficient (Wildman–Crippen LogP) is 2.61. The molecule has 1 aromatic heterocycles. The fourth-order valence-corrected chi connectivity index (χ4v) is 2.87. The van der Waals surface area contributed by atoms with Gasteiger partial charge in [0.25, 0.3) is 0 Å². The van der Waals surface area contributed by atoms with Gasteiger partial charge in [-0.1, -0.05) is 37.8 Å². The van der Waals surface area contributed by atoms with Crippen molar-refractivity contribution in [2.75, 3.05) is 5.32 Å². The summed E-state index contributed by atoms with van der Waals surface area (Å²) in [7, 11) is 0. The lowest BCUT2D eigenvalue weighted by molar-refractivity contribution is -0.142.